The summed E-state index contributed by atoms with van der Waals surface area (Å²) in [5.41, 5.74) is -0.642. The predicted molar refractivity (Wildman–Crippen MR) is 105 cm³/mol. The number of ether oxygens (including phenoxy) is 1. The number of nitrogens with zero attached hydrogens (tertiary/aromatic N) is 2. The number of carbonyl (C=O) groups is 1. The van der Waals surface area contributed by atoms with Crippen LogP contribution in [0.2, 0.25) is 0 Å². The zero-order chi connectivity index (χ0) is 19.4. The summed E-state index contributed by atoms with van der Waals surface area (Å²) >= 11 is 0. The van der Waals surface area contributed by atoms with Crippen molar-refractivity contribution in [3.05, 3.63) is 0 Å². The third-order valence-electron chi connectivity index (χ3n) is 6.34. The van der Waals surface area contributed by atoms with Crippen LogP contribution in [0.5, 0.6) is 0 Å². The second-order valence-electron chi connectivity index (χ2n) is 9.07. The van der Waals surface area contributed by atoms with E-state index in [-0.39, 0.29) is 23.5 Å². The number of likely N-dealkylation sites (tertiary alicyclic amines) is 2. The zero-order valence-electron chi connectivity index (χ0n) is 17.6. The first-order chi connectivity index (χ1) is 12.2. The van der Waals surface area contributed by atoms with Gasteiger partial charge in [0, 0.05) is 38.3 Å². The van der Waals surface area contributed by atoms with Gasteiger partial charge in [-0.25, -0.2) is 0 Å². The van der Waals surface area contributed by atoms with E-state index < -0.39 is 5.60 Å². The molecule has 0 atom stereocenters. The lowest BCUT2D eigenvalue weighted by atomic mass is 9.84. The van der Waals surface area contributed by atoms with Crippen LogP contribution < -0.4 is 0 Å². The Hall–Kier alpha value is -0.650. The fraction of sp³-hybridized carbons (Fsp3) is 0.952. The number of piperidine rings is 2. The van der Waals surface area contributed by atoms with Crippen LogP contribution in [-0.4, -0.2) is 70.3 Å². The first kappa shape index (κ1) is 21.6. The van der Waals surface area contributed by atoms with Crippen molar-refractivity contribution in [2.45, 2.75) is 96.3 Å². The molecule has 3 heterocycles. The van der Waals surface area contributed by atoms with E-state index in [0.717, 1.165) is 58.5 Å². The number of hydrogen-bond donors (Lipinski definition) is 1. The van der Waals surface area contributed by atoms with Crippen molar-refractivity contribution < 1.29 is 14.6 Å². The summed E-state index contributed by atoms with van der Waals surface area (Å²) in [4.78, 5) is 17.0. The average Bonchev–Trinajstić information content (AvgIpc) is 3.04. The van der Waals surface area contributed by atoms with Crippen LogP contribution in [0.25, 0.3) is 0 Å². The van der Waals surface area contributed by atoms with Crippen LogP contribution in [-0.2, 0) is 9.53 Å². The van der Waals surface area contributed by atoms with Crippen molar-refractivity contribution in [2.75, 3.05) is 32.8 Å². The van der Waals surface area contributed by atoms with Crippen LogP contribution in [0, 0.1) is 0 Å². The van der Waals surface area contributed by atoms with Crippen molar-refractivity contribution >= 4 is 5.91 Å². The number of rotatable bonds is 2. The molecule has 0 saturated carbocycles. The van der Waals surface area contributed by atoms with Crippen molar-refractivity contribution in [2.24, 2.45) is 0 Å². The Labute approximate surface area is 160 Å². The van der Waals surface area contributed by atoms with Crippen molar-refractivity contribution in [1.82, 2.24) is 9.80 Å². The molecule has 26 heavy (non-hydrogen) atoms. The molecule has 0 aromatic rings. The lowest BCUT2D eigenvalue weighted by Crippen LogP contribution is -2.53. The van der Waals surface area contributed by atoms with Gasteiger partial charge in [-0.3, -0.25) is 9.69 Å². The quantitative estimate of drug-likeness (QED) is 0.813. The van der Waals surface area contributed by atoms with Gasteiger partial charge in [0.05, 0.1) is 17.6 Å². The predicted octanol–water partition coefficient (Wildman–Crippen LogP) is 3.20. The van der Waals surface area contributed by atoms with Crippen LogP contribution in [0.3, 0.4) is 0 Å². The maximum atomic E-state index is 12.7. The van der Waals surface area contributed by atoms with Gasteiger partial charge in [0.25, 0.3) is 0 Å². The van der Waals surface area contributed by atoms with Crippen molar-refractivity contribution in [1.29, 1.82) is 0 Å². The SMILES string of the molecule is CC.CC(C)(C)N1CCC(O)(CC(=O)N2CCC3(CCCO3)CC2)CC1. The highest BCUT2D eigenvalue weighted by Gasteiger charge is 2.42. The van der Waals surface area contributed by atoms with Gasteiger partial charge in [0.2, 0.25) is 5.91 Å². The van der Waals surface area contributed by atoms with E-state index in [0.29, 0.717) is 12.8 Å². The molecule has 0 aliphatic carbocycles. The average molecular weight is 369 g/mol. The minimum Gasteiger partial charge on any atom is -0.389 e. The Balaban J connectivity index is 0.00000117. The van der Waals surface area contributed by atoms with Gasteiger partial charge in [-0.2, -0.15) is 0 Å². The minimum atomic E-state index is -0.822. The molecule has 5 nitrogen and oxygen atoms in total. The van der Waals surface area contributed by atoms with E-state index in [4.69, 9.17) is 4.74 Å². The maximum Gasteiger partial charge on any atom is 0.225 e. The molecule has 152 valence electrons. The number of carbonyl (C=O) groups excluding carboxylic acids is 1. The number of aliphatic hydroxyl groups is 1. The summed E-state index contributed by atoms with van der Waals surface area (Å²) in [6, 6.07) is 0. The van der Waals surface area contributed by atoms with E-state index in [1.165, 1.54) is 0 Å². The highest BCUT2D eigenvalue weighted by molar-refractivity contribution is 5.77. The molecule has 0 bridgehead atoms. The molecule has 3 saturated heterocycles. The molecule has 3 fully saturated rings. The first-order valence-electron chi connectivity index (χ1n) is 10.6. The second kappa shape index (κ2) is 8.57. The monoisotopic (exact) mass is 368 g/mol. The van der Waals surface area contributed by atoms with Gasteiger partial charge >= 0.3 is 0 Å². The van der Waals surface area contributed by atoms with E-state index in [2.05, 4.69) is 25.7 Å². The van der Waals surface area contributed by atoms with Gasteiger partial charge in [-0.15, -0.1) is 0 Å². The molecule has 0 aromatic carbocycles. The Bertz CT molecular complexity index is 448. The summed E-state index contributed by atoms with van der Waals surface area (Å²) in [5.74, 6) is 0.120. The first-order valence-corrected chi connectivity index (χ1v) is 10.6. The van der Waals surface area contributed by atoms with E-state index in [1.54, 1.807) is 0 Å². The minimum absolute atomic E-state index is 0.0474. The van der Waals surface area contributed by atoms with Crippen LogP contribution >= 0.6 is 0 Å². The summed E-state index contributed by atoms with van der Waals surface area (Å²) in [6.07, 6.45) is 5.86. The number of amides is 1. The molecular formula is C21H40N2O3. The summed E-state index contributed by atoms with van der Waals surface area (Å²) in [7, 11) is 0. The molecule has 1 amide bonds. The summed E-state index contributed by atoms with van der Waals surface area (Å²) in [6.45, 7) is 14.8. The highest BCUT2D eigenvalue weighted by atomic mass is 16.5. The Kier molecular flexibility index (Phi) is 7.14. The molecule has 0 aromatic heterocycles. The largest absolute Gasteiger partial charge is 0.389 e. The van der Waals surface area contributed by atoms with Gasteiger partial charge in [0.15, 0.2) is 0 Å². The standard InChI is InChI=1S/C19H34N2O3.C2H6/c1-17(2,3)21-12-6-18(23,7-13-21)15-16(22)20-10-8-19(9-11-20)5-4-14-24-19;1-2/h23H,4-15H2,1-3H3;1-2H3. The normalized spacial score (nSPS) is 25.7. The van der Waals surface area contributed by atoms with Crippen molar-refractivity contribution in [3.63, 3.8) is 0 Å². The van der Waals surface area contributed by atoms with Gasteiger partial charge in [0.1, 0.15) is 0 Å². The van der Waals surface area contributed by atoms with E-state index in [9.17, 15) is 9.90 Å². The lowest BCUT2D eigenvalue weighted by molar-refractivity contribution is -0.143. The Morgan fingerprint density at radius 3 is 2.04 bits per heavy atom. The highest BCUT2D eigenvalue weighted by Crippen LogP contribution is 2.36. The zero-order valence-corrected chi connectivity index (χ0v) is 17.6. The molecule has 3 aliphatic rings. The molecule has 1 spiro atoms. The molecule has 0 unspecified atom stereocenters. The molecule has 0 radical (unpaired) electrons. The maximum absolute atomic E-state index is 12.7. The molecule has 5 heteroatoms. The van der Waals surface area contributed by atoms with E-state index in [1.807, 2.05) is 18.7 Å². The topological polar surface area (TPSA) is 53.0 Å². The molecular weight excluding hydrogens is 328 g/mol. The fourth-order valence-electron chi connectivity index (χ4n) is 4.48. The summed E-state index contributed by atoms with van der Waals surface area (Å²) < 4.78 is 5.93. The van der Waals surface area contributed by atoms with Gasteiger partial charge in [-0.1, -0.05) is 13.8 Å². The van der Waals surface area contributed by atoms with Crippen LogP contribution in [0.4, 0.5) is 0 Å². The van der Waals surface area contributed by atoms with Crippen LogP contribution in [0.15, 0.2) is 0 Å². The third kappa shape index (κ3) is 5.20. The third-order valence-corrected chi connectivity index (χ3v) is 6.34. The van der Waals surface area contributed by atoms with Crippen LogP contribution in [0.1, 0.15) is 79.6 Å². The number of hydrogen-bond acceptors (Lipinski definition) is 4. The Morgan fingerprint density at radius 1 is 1.00 bits per heavy atom. The summed E-state index contributed by atoms with van der Waals surface area (Å²) in [5, 5.41) is 10.9. The molecule has 1 N–H and O–H groups in total. The lowest BCUT2D eigenvalue weighted by Gasteiger charge is -2.45. The second-order valence-corrected chi connectivity index (χ2v) is 9.07. The Morgan fingerprint density at radius 2 is 1.58 bits per heavy atom. The van der Waals surface area contributed by atoms with E-state index >= 15 is 0 Å². The van der Waals surface area contributed by atoms with Crippen molar-refractivity contribution in [3.8, 4) is 0 Å². The van der Waals surface area contributed by atoms with Gasteiger partial charge < -0.3 is 14.7 Å². The fourth-order valence-corrected chi connectivity index (χ4v) is 4.48. The smallest absolute Gasteiger partial charge is 0.225 e. The molecule has 3 aliphatic heterocycles. The van der Waals surface area contributed by atoms with Gasteiger partial charge in [-0.05, 0) is 59.3 Å². The molecule has 3 rings (SSSR count).